The smallest absolute Gasteiger partial charge is 0.253 e. The first-order valence-electron chi connectivity index (χ1n) is 7.29. The molecular weight excluding hydrogens is 236 g/mol. The van der Waals surface area contributed by atoms with Gasteiger partial charge in [0, 0.05) is 31.2 Å². The lowest BCUT2D eigenvalue weighted by Crippen LogP contribution is -2.42. The van der Waals surface area contributed by atoms with Crippen LogP contribution in [0.25, 0.3) is 0 Å². The number of nitrogens with one attached hydrogen (secondary N) is 1. The highest BCUT2D eigenvalue weighted by Gasteiger charge is 2.34. The molecule has 0 spiro atoms. The lowest BCUT2D eigenvalue weighted by atomic mass is 9.92. The topological polar surface area (TPSA) is 32.3 Å². The highest BCUT2D eigenvalue weighted by Crippen LogP contribution is 2.31. The number of amides is 1. The van der Waals surface area contributed by atoms with Gasteiger partial charge in [0.05, 0.1) is 0 Å². The molecule has 2 fully saturated rings. The molecule has 2 bridgehead atoms. The van der Waals surface area contributed by atoms with Gasteiger partial charge >= 0.3 is 0 Å². The number of fused-ring (bicyclic) bond motifs is 2. The van der Waals surface area contributed by atoms with E-state index in [1.165, 1.54) is 25.7 Å². The van der Waals surface area contributed by atoms with Gasteiger partial charge in [-0.15, -0.1) is 0 Å². The van der Waals surface area contributed by atoms with Crippen molar-refractivity contribution in [3.05, 3.63) is 35.9 Å². The van der Waals surface area contributed by atoms with Crippen molar-refractivity contribution >= 4 is 5.91 Å². The largest absolute Gasteiger partial charge is 0.341 e. The van der Waals surface area contributed by atoms with Gasteiger partial charge < -0.3 is 10.2 Å². The van der Waals surface area contributed by atoms with Gasteiger partial charge in [-0.05, 0) is 43.7 Å². The third-order valence-electron chi connectivity index (χ3n) is 4.47. The summed E-state index contributed by atoms with van der Waals surface area (Å²) in [6.45, 7) is 0.891. The van der Waals surface area contributed by atoms with Crippen molar-refractivity contribution in [3.63, 3.8) is 0 Å². The van der Waals surface area contributed by atoms with Crippen molar-refractivity contribution < 1.29 is 4.79 Å². The predicted octanol–water partition coefficient (Wildman–Crippen LogP) is 2.29. The molecule has 2 heterocycles. The number of piperidine rings is 1. The second kappa shape index (κ2) is 5.33. The number of hydrogen-bond acceptors (Lipinski definition) is 2. The van der Waals surface area contributed by atoms with Crippen molar-refractivity contribution in [3.8, 4) is 0 Å². The number of carbonyl (C=O) groups excluding carboxylic acids is 1. The van der Waals surface area contributed by atoms with E-state index in [2.05, 4.69) is 5.32 Å². The lowest BCUT2D eigenvalue weighted by Gasteiger charge is -2.32. The summed E-state index contributed by atoms with van der Waals surface area (Å²) in [5.41, 5.74) is 0.793. The van der Waals surface area contributed by atoms with Gasteiger partial charge in [-0.3, -0.25) is 4.79 Å². The summed E-state index contributed by atoms with van der Waals surface area (Å²) in [7, 11) is 1.93. The second-order valence-corrected chi connectivity index (χ2v) is 6.03. The molecule has 0 aromatic heterocycles. The van der Waals surface area contributed by atoms with E-state index in [4.69, 9.17) is 0 Å². The molecule has 2 saturated heterocycles. The highest BCUT2D eigenvalue weighted by atomic mass is 16.2. The SMILES string of the molecule is CN(CC1CC2CCC(C1)N2)C(=O)c1ccccc1. The number of hydrogen-bond donors (Lipinski definition) is 1. The Balaban J connectivity index is 1.59. The quantitative estimate of drug-likeness (QED) is 0.902. The van der Waals surface area contributed by atoms with Crippen molar-refractivity contribution in [2.45, 2.75) is 37.8 Å². The standard InChI is InChI=1S/C16H22N2O/c1-18(16(19)13-5-3-2-4-6-13)11-12-9-14-7-8-15(10-12)17-14/h2-6,12,14-15,17H,7-11H2,1H3. The van der Waals surface area contributed by atoms with Gasteiger partial charge in [0.25, 0.3) is 5.91 Å². The second-order valence-electron chi connectivity index (χ2n) is 6.03. The Labute approximate surface area is 115 Å². The van der Waals surface area contributed by atoms with Crippen LogP contribution in [0, 0.1) is 5.92 Å². The monoisotopic (exact) mass is 258 g/mol. The Bertz CT molecular complexity index is 433. The van der Waals surface area contributed by atoms with Crippen LogP contribution in [0.2, 0.25) is 0 Å². The summed E-state index contributed by atoms with van der Waals surface area (Å²) in [6, 6.07) is 11.0. The van der Waals surface area contributed by atoms with Crippen LogP contribution in [0.1, 0.15) is 36.0 Å². The molecule has 102 valence electrons. The molecule has 2 atom stereocenters. The molecule has 2 aliphatic heterocycles. The lowest BCUT2D eigenvalue weighted by molar-refractivity contribution is 0.0755. The van der Waals surface area contributed by atoms with Crippen LogP contribution in [-0.2, 0) is 0 Å². The molecule has 1 N–H and O–H groups in total. The van der Waals surface area contributed by atoms with E-state index in [1.807, 2.05) is 42.3 Å². The van der Waals surface area contributed by atoms with Gasteiger partial charge in [-0.25, -0.2) is 0 Å². The van der Waals surface area contributed by atoms with Crippen LogP contribution in [0.3, 0.4) is 0 Å². The molecule has 0 saturated carbocycles. The first kappa shape index (κ1) is 12.7. The van der Waals surface area contributed by atoms with Crippen LogP contribution in [-0.4, -0.2) is 36.5 Å². The molecule has 3 heteroatoms. The van der Waals surface area contributed by atoms with E-state index in [0.29, 0.717) is 18.0 Å². The maximum absolute atomic E-state index is 12.3. The number of benzene rings is 1. The minimum absolute atomic E-state index is 0.145. The highest BCUT2D eigenvalue weighted by molar-refractivity contribution is 5.93. The Hall–Kier alpha value is -1.35. The number of rotatable bonds is 3. The fourth-order valence-electron chi connectivity index (χ4n) is 3.60. The molecule has 0 aliphatic carbocycles. The van der Waals surface area contributed by atoms with Gasteiger partial charge in [-0.1, -0.05) is 18.2 Å². The van der Waals surface area contributed by atoms with E-state index >= 15 is 0 Å². The fourth-order valence-corrected chi connectivity index (χ4v) is 3.60. The molecule has 19 heavy (non-hydrogen) atoms. The van der Waals surface area contributed by atoms with Crippen LogP contribution >= 0.6 is 0 Å². The zero-order valence-corrected chi connectivity index (χ0v) is 11.5. The average molecular weight is 258 g/mol. The molecule has 2 aliphatic rings. The zero-order chi connectivity index (χ0) is 13.2. The van der Waals surface area contributed by atoms with Gasteiger partial charge in [-0.2, -0.15) is 0 Å². The van der Waals surface area contributed by atoms with Crippen LogP contribution in [0.5, 0.6) is 0 Å². The average Bonchev–Trinajstić information content (AvgIpc) is 2.78. The normalized spacial score (nSPS) is 29.2. The Morgan fingerprint density at radius 1 is 1.21 bits per heavy atom. The van der Waals surface area contributed by atoms with Crippen molar-refractivity contribution in [1.82, 2.24) is 10.2 Å². The first-order chi connectivity index (χ1) is 9.22. The minimum atomic E-state index is 0.145. The maximum atomic E-state index is 12.3. The van der Waals surface area contributed by atoms with Gasteiger partial charge in [0.15, 0.2) is 0 Å². The Morgan fingerprint density at radius 3 is 2.47 bits per heavy atom. The first-order valence-corrected chi connectivity index (χ1v) is 7.29. The van der Waals surface area contributed by atoms with E-state index < -0.39 is 0 Å². The van der Waals surface area contributed by atoms with Crippen molar-refractivity contribution in [2.75, 3.05) is 13.6 Å². The third kappa shape index (κ3) is 2.81. The zero-order valence-electron chi connectivity index (χ0n) is 11.5. The molecular formula is C16H22N2O. The van der Waals surface area contributed by atoms with E-state index in [0.717, 1.165) is 12.1 Å². The molecule has 3 nitrogen and oxygen atoms in total. The molecule has 3 rings (SSSR count). The molecule has 2 unspecified atom stereocenters. The van der Waals surface area contributed by atoms with Gasteiger partial charge in [0.2, 0.25) is 0 Å². The summed E-state index contributed by atoms with van der Waals surface area (Å²) in [5.74, 6) is 0.808. The van der Waals surface area contributed by atoms with Gasteiger partial charge in [0.1, 0.15) is 0 Å². The molecule has 0 radical (unpaired) electrons. The van der Waals surface area contributed by atoms with E-state index in [-0.39, 0.29) is 5.91 Å². The summed E-state index contributed by atoms with van der Waals surface area (Å²) in [6.07, 6.45) is 5.08. The third-order valence-corrected chi connectivity index (χ3v) is 4.47. The van der Waals surface area contributed by atoms with Crippen molar-refractivity contribution in [1.29, 1.82) is 0 Å². The van der Waals surface area contributed by atoms with Crippen molar-refractivity contribution in [2.24, 2.45) is 5.92 Å². The Morgan fingerprint density at radius 2 is 1.84 bits per heavy atom. The number of nitrogens with zero attached hydrogens (tertiary/aromatic N) is 1. The van der Waals surface area contributed by atoms with E-state index in [1.54, 1.807) is 0 Å². The summed E-state index contributed by atoms with van der Waals surface area (Å²) in [5, 5.41) is 3.65. The summed E-state index contributed by atoms with van der Waals surface area (Å²) < 4.78 is 0. The summed E-state index contributed by atoms with van der Waals surface area (Å²) in [4.78, 5) is 14.2. The van der Waals surface area contributed by atoms with Crippen LogP contribution < -0.4 is 5.32 Å². The van der Waals surface area contributed by atoms with Crippen LogP contribution in [0.4, 0.5) is 0 Å². The number of carbonyl (C=O) groups is 1. The van der Waals surface area contributed by atoms with Crippen LogP contribution in [0.15, 0.2) is 30.3 Å². The molecule has 1 aromatic rings. The summed E-state index contributed by atoms with van der Waals surface area (Å²) >= 11 is 0. The van der Waals surface area contributed by atoms with E-state index in [9.17, 15) is 4.79 Å². The minimum Gasteiger partial charge on any atom is -0.341 e. The predicted molar refractivity (Wildman–Crippen MR) is 76.1 cm³/mol. The maximum Gasteiger partial charge on any atom is 0.253 e. The molecule has 1 aromatic carbocycles. The fraction of sp³-hybridized carbons (Fsp3) is 0.562. The molecule has 1 amide bonds. The Kier molecular flexibility index (Phi) is 3.56.